The minimum atomic E-state index is -0.559. The van der Waals surface area contributed by atoms with Gasteiger partial charge in [0.05, 0.1) is 23.4 Å². The van der Waals surface area contributed by atoms with E-state index in [2.05, 4.69) is 20.6 Å². The zero-order valence-electron chi connectivity index (χ0n) is 23.3. The molecule has 4 aromatic rings. The number of piperidine rings is 2. The van der Waals surface area contributed by atoms with Gasteiger partial charge in [-0.1, -0.05) is 18.2 Å². The zero-order valence-corrected chi connectivity index (χ0v) is 23.3. The summed E-state index contributed by atoms with van der Waals surface area (Å²) in [4.78, 5) is 34.3. The average molecular weight is 561 g/mol. The van der Waals surface area contributed by atoms with Crippen LogP contribution in [-0.4, -0.2) is 77.5 Å². The van der Waals surface area contributed by atoms with Crippen molar-refractivity contribution in [3.05, 3.63) is 65.9 Å². The molecule has 3 aromatic heterocycles. The standard InChI is InChI=1S/C29H33FN8O3/c1-29(2,3)41-28(40)38-16-19-8-9-20(38)15-37(19)27(39)17-36-11-10-25(35-36)33-26-13-24-21(14-31-34-24)23(32-26)12-18-6-4-5-7-22(18)30/h4-7,10-11,13-14,19-20H,8-9,12,15-17H2,1-3H3,(H,31,34)(H,32,33,35). The van der Waals surface area contributed by atoms with Crippen molar-refractivity contribution >= 4 is 34.5 Å². The maximum atomic E-state index is 14.3. The number of aromatic nitrogens is 5. The van der Waals surface area contributed by atoms with Crippen LogP contribution in [0.25, 0.3) is 10.9 Å². The van der Waals surface area contributed by atoms with Gasteiger partial charge in [0, 0.05) is 49.3 Å². The number of amides is 2. The van der Waals surface area contributed by atoms with Crippen molar-refractivity contribution in [1.82, 2.24) is 34.8 Å². The minimum absolute atomic E-state index is 0.0358. The number of halogens is 1. The highest BCUT2D eigenvalue weighted by molar-refractivity contribution is 5.83. The molecule has 2 unspecified atom stereocenters. The molecular weight excluding hydrogens is 527 g/mol. The highest BCUT2D eigenvalue weighted by atomic mass is 19.1. The summed E-state index contributed by atoms with van der Waals surface area (Å²) in [6.07, 6.45) is 5.13. The minimum Gasteiger partial charge on any atom is -0.444 e. The number of aromatic amines is 1. The van der Waals surface area contributed by atoms with Gasteiger partial charge in [-0.2, -0.15) is 10.2 Å². The van der Waals surface area contributed by atoms with Gasteiger partial charge < -0.3 is 19.9 Å². The Kier molecular flexibility index (Phi) is 6.84. The molecule has 0 aliphatic carbocycles. The summed E-state index contributed by atoms with van der Waals surface area (Å²) < 4.78 is 21.5. The first-order valence-corrected chi connectivity index (χ1v) is 13.8. The van der Waals surface area contributed by atoms with Crippen LogP contribution >= 0.6 is 0 Å². The molecule has 41 heavy (non-hydrogen) atoms. The van der Waals surface area contributed by atoms with Crippen molar-refractivity contribution in [2.24, 2.45) is 0 Å². The lowest BCUT2D eigenvalue weighted by Crippen LogP contribution is -2.65. The number of nitrogens with one attached hydrogen (secondary N) is 2. The van der Waals surface area contributed by atoms with E-state index in [1.165, 1.54) is 6.07 Å². The number of piperazine rings is 1. The smallest absolute Gasteiger partial charge is 0.410 e. The fraction of sp³-hybridized carbons (Fsp3) is 0.414. The monoisotopic (exact) mass is 560 g/mol. The number of carbonyl (C=O) groups excluding carboxylic acids is 2. The van der Waals surface area contributed by atoms with E-state index in [9.17, 15) is 14.0 Å². The Bertz CT molecular complexity index is 1590. The number of anilines is 2. The summed E-state index contributed by atoms with van der Waals surface area (Å²) in [6.45, 7) is 6.62. The second-order valence-electron chi connectivity index (χ2n) is 11.6. The van der Waals surface area contributed by atoms with Gasteiger partial charge in [-0.3, -0.25) is 14.6 Å². The van der Waals surface area contributed by atoms with Crippen molar-refractivity contribution in [3.8, 4) is 0 Å². The number of H-pyrrole nitrogens is 1. The second kappa shape index (κ2) is 10.5. The van der Waals surface area contributed by atoms with E-state index >= 15 is 0 Å². The van der Waals surface area contributed by atoms with Gasteiger partial charge in [0.15, 0.2) is 5.82 Å². The van der Waals surface area contributed by atoms with Gasteiger partial charge in [0.25, 0.3) is 0 Å². The first-order valence-electron chi connectivity index (χ1n) is 13.8. The number of pyridine rings is 1. The van der Waals surface area contributed by atoms with Crippen molar-refractivity contribution in [2.75, 3.05) is 18.4 Å². The Morgan fingerprint density at radius 2 is 1.85 bits per heavy atom. The predicted octanol–water partition coefficient (Wildman–Crippen LogP) is 4.24. The van der Waals surface area contributed by atoms with Crippen LogP contribution in [0.5, 0.6) is 0 Å². The molecular formula is C29H33FN8O3. The summed E-state index contributed by atoms with van der Waals surface area (Å²) in [5.41, 5.74) is 1.43. The van der Waals surface area contributed by atoms with Crippen molar-refractivity contribution in [3.63, 3.8) is 0 Å². The molecule has 6 heterocycles. The van der Waals surface area contributed by atoms with Crippen LogP contribution in [0.1, 0.15) is 44.9 Å². The molecule has 7 rings (SSSR count). The van der Waals surface area contributed by atoms with E-state index in [-0.39, 0.29) is 36.4 Å². The summed E-state index contributed by atoms with van der Waals surface area (Å²) in [5, 5.41) is 15.6. The van der Waals surface area contributed by atoms with E-state index in [0.29, 0.717) is 42.4 Å². The van der Waals surface area contributed by atoms with Gasteiger partial charge >= 0.3 is 6.09 Å². The number of rotatable bonds is 6. The molecule has 11 nitrogen and oxygen atoms in total. The summed E-state index contributed by atoms with van der Waals surface area (Å²) in [6, 6.07) is 10.1. The maximum absolute atomic E-state index is 14.3. The van der Waals surface area contributed by atoms with E-state index in [4.69, 9.17) is 9.72 Å². The highest BCUT2D eigenvalue weighted by Gasteiger charge is 2.44. The Balaban J connectivity index is 1.11. The first-order chi connectivity index (χ1) is 19.6. The van der Waals surface area contributed by atoms with Crippen molar-refractivity contribution in [2.45, 2.75) is 64.3 Å². The quantitative estimate of drug-likeness (QED) is 0.362. The van der Waals surface area contributed by atoms with Crippen LogP contribution in [0.4, 0.5) is 20.8 Å². The fourth-order valence-electron chi connectivity index (χ4n) is 5.59. The van der Waals surface area contributed by atoms with Crippen LogP contribution in [-0.2, 0) is 22.5 Å². The van der Waals surface area contributed by atoms with Crippen LogP contribution in [0, 0.1) is 5.82 Å². The molecule has 2 amide bonds. The van der Waals surface area contributed by atoms with Crippen molar-refractivity contribution < 1.29 is 18.7 Å². The maximum Gasteiger partial charge on any atom is 0.410 e. The largest absolute Gasteiger partial charge is 0.444 e. The molecule has 12 heteroatoms. The Labute approximate surface area is 236 Å². The van der Waals surface area contributed by atoms with Crippen molar-refractivity contribution in [1.29, 1.82) is 0 Å². The summed E-state index contributed by atoms with van der Waals surface area (Å²) in [5.74, 6) is 0.729. The summed E-state index contributed by atoms with van der Waals surface area (Å²) >= 11 is 0. The predicted molar refractivity (Wildman–Crippen MR) is 150 cm³/mol. The van der Waals surface area contributed by atoms with E-state index in [0.717, 1.165) is 23.7 Å². The van der Waals surface area contributed by atoms with Gasteiger partial charge in [-0.15, -0.1) is 0 Å². The molecule has 2 bridgehead atoms. The second-order valence-corrected chi connectivity index (χ2v) is 11.6. The number of ether oxygens (including phenoxy) is 1. The molecule has 2 N–H and O–H groups in total. The fourth-order valence-corrected chi connectivity index (χ4v) is 5.59. The lowest BCUT2D eigenvalue weighted by Gasteiger charge is -2.51. The van der Waals surface area contributed by atoms with E-state index in [1.54, 1.807) is 46.2 Å². The van der Waals surface area contributed by atoms with Gasteiger partial charge in [-0.25, -0.2) is 14.2 Å². The molecule has 3 aliphatic rings. The highest BCUT2D eigenvalue weighted by Crippen LogP contribution is 2.30. The topological polar surface area (TPSA) is 121 Å². The molecule has 1 aromatic carbocycles. The molecule has 3 fully saturated rings. The lowest BCUT2D eigenvalue weighted by molar-refractivity contribution is -0.142. The Hall–Kier alpha value is -4.48. The molecule has 3 aliphatic heterocycles. The number of nitrogens with zero attached hydrogens (tertiary/aromatic N) is 6. The zero-order chi connectivity index (χ0) is 28.7. The lowest BCUT2D eigenvalue weighted by atomic mass is 9.91. The van der Waals surface area contributed by atoms with Gasteiger partial charge in [0.1, 0.15) is 23.8 Å². The molecule has 2 atom stereocenters. The van der Waals surface area contributed by atoms with E-state index in [1.807, 2.05) is 31.7 Å². The van der Waals surface area contributed by atoms with Crippen LogP contribution in [0.15, 0.2) is 48.8 Å². The average Bonchev–Trinajstić information content (AvgIpc) is 3.58. The third-order valence-corrected chi connectivity index (χ3v) is 7.50. The number of fused-ring (bicyclic) bond motifs is 4. The van der Waals surface area contributed by atoms with E-state index < -0.39 is 5.60 Å². The number of hydrogen-bond acceptors (Lipinski definition) is 7. The van der Waals surface area contributed by atoms with Gasteiger partial charge in [0.2, 0.25) is 5.91 Å². The number of hydrogen-bond donors (Lipinski definition) is 2. The van der Waals surface area contributed by atoms with Crippen LogP contribution < -0.4 is 5.32 Å². The molecule has 214 valence electrons. The summed E-state index contributed by atoms with van der Waals surface area (Å²) in [7, 11) is 0. The third kappa shape index (κ3) is 5.72. The molecule has 0 saturated carbocycles. The normalized spacial score (nSPS) is 18.6. The first kappa shape index (κ1) is 26.7. The number of carbonyl (C=O) groups is 2. The Morgan fingerprint density at radius 1 is 1.10 bits per heavy atom. The Morgan fingerprint density at radius 3 is 2.59 bits per heavy atom. The third-order valence-electron chi connectivity index (χ3n) is 7.50. The number of benzene rings is 1. The SMILES string of the molecule is CC(C)(C)OC(=O)N1CC2CCC1CN2C(=O)Cn1ccc(Nc2cc3[nH]ncc3c(Cc3ccccc3F)n2)n1. The van der Waals surface area contributed by atoms with Gasteiger partial charge in [-0.05, 0) is 45.2 Å². The molecule has 3 saturated heterocycles. The van der Waals surface area contributed by atoms with Crippen LogP contribution in [0.3, 0.4) is 0 Å². The van der Waals surface area contributed by atoms with Crippen LogP contribution in [0.2, 0.25) is 0 Å². The molecule has 0 spiro atoms. The molecule has 0 radical (unpaired) electrons.